The van der Waals surface area contributed by atoms with E-state index in [-0.39, 0.29) is 11.8 Å². The Labute approximate surface area is 152 Å². The third kappa shape index (κ3) is 5.36. The largest absolute Gasteiger partial charge is 0.355 e. The molecule has 2 amide bonds. The average Bonchev–Trinajstić information content (AvgIpc) is 2.57. The lowest BCUT2D eigenvalue weighted by molar-refractivity contribution is -0.122. The van der Waals surface area contributed by atoms with Crippen LogP contribution in [0.3, 0.4) is 0 Å². The molecule has 7 heteroatoms. The van der Waals surface area contributed by atoms with Crippen molar-refractivity contribution in [1.29, 1.82) is 0 Å². The molecule has 0 aliphatic carbocycles. The zero-order valence-corrected chi connectivity index (χ0v) is 15.4. The van der Waals surface area contributed by atoms with E-state index in [4.69, 9.17) is 23.2 Å². The molecule has 1 saturated heterocycles. The Morgan fingerprint density at radius 2 is 1.88 bits per heavy atom. The Morgan fingerprint density at radius 3 is 2.54 bits per heavy atom. The lowest BCUT2D eigenvalue weighted by Gasteiger charge is -2.34. The average molecular weight is 372 g/mol. The molecule has 0 saturated carbocycles. The van der Waals surface area contributed by atoms with E-state index in [9.17, 15) is 9.59 Å². The van der Waals surface area contributed by atoms with Crippen LogP contribution >= 0.6 is 23.2 Å². The molecule has 0 bridgehead atoms. The third-order valence-electron chi connectivity index (χ3n) is 4.04. The molecule has 1 N–H and O–H groups in total. The summed E-state index contributed by atoms with van der Waals surface area (Å²) in [6, 6.07) is 4.89. The number of carbonyl (C=O) groups is 2. The Hall–Kier alpha value is -1.30. The summed E-state index contributed by atoms with van der Waals surface area (Å²) in [5.41, 5.74) is 0.426. The molecule has 0 radical (unpaired) electrons. The smallest absolute Gasteiger partial charge is 0.255 e. The Balaban J connectivity index is 1.83. The minimum atomic E-state index is -0.116. The van der Waals surface area contributed by atoms with Gasteiger partial charge in [0.2, 0.25) is 5.91 Å². The van der Waals surface area contributed by atoms with E-state index in [0.29, 0.717) is 48.3 Å². The highest BCUT2D eigenvalue weighted by atomic mass is 35.5. The van der Waals surface area contributed by atoms with E-state index in [0.717, 1.165) is 19.4 Å². The van der Waals surface area contributed by atoms with Crippen molar-refractivity contribution >= 4 is 35.0 Å². The molecule has 1 aromatic rings. The van der Waals surface area contributed by atoms with Crippen molar-refractivity contribution in [3.63, 3.8) is 0 Å². The SMILES string of the molecule is CCCCNC(=O)CN1CCN(C(=O)c2cc(Cl)ccc2Cl)CC1. The van der Waals surface area contributed by atoms with Crippen LogP contribution in [-0.4, -0.2) is 60.9 Å². The number of amides is 2. The monoisotopic (exact) mass is 371 g/mol. The van der Waals surface area contributed by atoms with Crippen molar-refractivity contribution in [1.82, 2.24) is 15.1 Å². The fourth-order valence-corrected chi connectivity index (χ4v) is 2.97. The molecule has 0 atom stereocenters. The summed E-state index contributed by atoms with van der Waals surface area (Å²) in [5, 5.41) is 3.81. The summed E-state index contributed by atoms with van der Waals surface area (Å²) < 4.78 is 0. The van der Waals surface area contributed by atoms with E-state index < -0.39 is 0 Å². The van der Waals surface area contributed by atoms with Crippen LogP contribution in [0.15, 0.2) is 18.2 Å². The maximum absolute atomic E-state index is 12.6. The molecule has 0 aromatic heterocycles. The minimum absolute atomic E-state index is 0.0427. The molecule has 1 aliphatic heterocycles. The van der Waals surface area contributed by atoms with Gasteiger partial charge in [-0.05, 0) is 24.6 Å². The van der Waals surface area contributed by atoms with Crippen LogP contribution in [0, 0.1) is 0 Å². The number of nitrogens with one attached hydrogen (secondary N) is 1. The second-order valence-electron chi connectivity index (χ2n) is 5.90. The number of piperazine rings is 1. The quantitative estimate of drug-likeness (QED) is 0.782. The first-order chi connectivity index (χ1) is 11.5. The van der Waals surface area contributed by atoms with Gasteiger partial charge in [0, 0.05) is 37.7 Å². The summed E-state index contributed by atoms with van der Waals surface area (Å²) in [6.45, 7) is 5.68. The zero-order valence-electron chi connectivity index (χ0n) is 13.9. The summed E-state index contributed by atoms with van der Waals surface area (Å²) in [7, 11) is 0. The van der Waals surface area contributed by atoms with Crippen molar-refractivity contribution in [2.45, 2.75) is 19.8 Å². The molecule has 1 fully saturated rings. The predicted octanol–water partition coefficient (Wildman–Crippen LogP) is 2.67. The van der Waals surface area contributed by atoms with E-state index in [1.54, 1.807) is 23.1 Å². The van der Waals surface area contributed by atoms with Crippen molar-refractivity contribution in [2.75, 3.05) is 39.3 Å². The van der Waals surface area contributed by atoms with Gasteiger partial charge in [0.05, 0.1) is 17.1 Å². The first-order valence-electron chi connectivity index (χ1n) is 8.24. The van der Waals surface area contributed by atoms with Gasteiger partial charge in [0.25, 0.3) is 5.91 Å². The Morgan fingerprint density at radius 1 is 1.17 bits per heavy atom. The molecule has 0 unspecified atom stereocenters. The van der Waals surface area contributed by atoms with Gasteiger partial charge >= 0.3 is 0 Å². The van der Waals surface area contributed by atoms with Crippen LogP contribution in [0.25, 0.3) is 0 Å². The zero-order chi connectivity index (χ0) is 17.5. The molecular weight excluding hydrogens is 349 g/mol. The summed E-state index contributed by atoms with van der Waals surface area (Å²) in [5.74, 6) is -0.0735. The molecule has 2 rings (SSSR count). The van der Waals surface area contributed by atoms with Crippen LogP contribution < -0.4 is 5.32 Å². The van der Waals surface area contributed by atoms with Crippen molar-refractivity contribution in [2.24, 2.45) is 0 Å². The van der Waals surface area contributed by atoms with Gasteiger partial charge in [-0.25, -0.2) is 0 Å². The van der Waals surface area contributed by atoms with Crippen molar-refractivity contribution in [3.05, 3.63) is 33.8 Å². The highest BCUT2D eigenvalue weighted by Crippen LogP contribution is 2.22. The minimum Gasteiger partial charge on any atom is -0.355 e. The molecule has 1 aliphatic rings. The van der Waals surface area contributed by atoms with Gasteiger partial charge in [0.1, 0.15) is 0 Å². The number of carbonyl (C=O) groups excluding carboxylic acids is 2. The van der Waals surface area contributed by atoms with Crippen molar-refractivity contribution in [3.8, 4) is 0 Å². The summed E-state index contributed by atoms with van der Waals surface area (Å²) in [4.78, 5) is 28.2. The van der Waals surface area contributed by atoms with Crippen LogP contribution in [0.1, 0.15) is 30.1 Å². The van der Waals surface area contributed by atoms with Crippen LogP contribution in [0.2, 0.25) is 10.0 Å². The maximum atomic E-state index is 12.6. The molecule has 1 aromatic carbocycles. The molecule has 132 valence electrons. The van der Waals surface area contributed by atoms with E-state index in [1.165, 1.54) is 0 Å². The fraction of sp³-hybridized carbons (Fsp3) is 0.529. The predicted molar refractivity (Wildman–Crippen MR) is 96.7 cm³/mol. The highest BCUT2D eigenvalue weighted by molar-refractivity contribution is 6.35. The standard InChI is InChI=1S/C17H23Cl2N3O2/c1-2-3-6-20-16(23)12-21-7-9-22(10-8-21)17(24)14-11-13(18)4-5-15(14)19/h4-5,11H,2-3,6-10,12H2,1H3,(H,20,23). The number of nitrogens with zero attached hydrogens (tertiary/aromatic N) is 2. The van der Waals surface area contributed by atoms with Crippen LogP contribution in [0.4, 0.5) is 0 Å². The number of unbranched alkanes of at least 4 members (excludes halogenated alkanes) is 1. The number of benzene rings is 1. The molecule has 5 nitrogen and oxygen atoms in total. The lowest BCUT2D eigenvalue weighted by atomic mass is 10.1. The molecule has 0 spiro atoms. The second kappa shape index (κ2) is 9.25. The molecular formula is C17H23Cl2N3O2. The van der Waals surface area contributed by atoms with Gasteiger partial charge in [-0.3, -0.25) is 14.5 Å². The number of hydrogen-bond acceptors (Lipinski definition) is 3. The topological polar surface area (TPSA) is 52.7 Å². The first-order valence-corrected chi connectivity index (χ1v) is 9.00. The fourth-order valence-electron chi connectivity index (χ4n) is 2.60. The van der Waals surface area contributed by atoms with E-state index in [1.807, 2.05) is 0 Å². The molecule has 24 heavy (non-hydrogen) atoms. The van der Waals surface area contributed by atoms with Gasteiger partial charge in [-0.1, -0.05) is 36.5 Å². The highest BCUT2D eigenvalue weighted by Gasteiger charge is 2.24. The van der Waals surface area contributed by atoms with E-state index >= 15 is 0 Å². The molecule has 1 heterocycles. The lowest BCUT2D eigenvalue weighted by Crippen LogP contribution is -2.51. The van der Waals surface area contributed by atoms with E-state index in [2.05, 4.69) is 17.1 Å². The summed E-state index contributed by atoms with van der Waals surface area (Å²) >= 11 is 12.0. The van der Waals surface area contributed by atoms with Crippen LogP contribution in [0.5, 0.6) is 0 Å². The van der Waals surface area contributed by atoms with Gasteiger partial charge < -0.3 is 10.2 Å². The maximum Gasteiger partial charge on any atom is 0.255 e. The number of halogens is 2. The Kier molecular flexibility index (Phi) is 7.34. The normalized spacial score (nSPS) is 15.4. The van der Waals surface area contributed by atoms with Gasteiger partial charge in [0.15, 0.2) is 0 Å². The summed E-state index contributed by atoms with van der Waals surface area (Å²) in [6.07, 6.45) is 2.06. The van der Waals surface area contributed by atoms with Gasteiger partial charge in [-0.2, -0.15) is 0 Å². The van der Waals surface area contributed by atoms with Crippen molar-refractivity contribution < 1.29 is 9.59 Å². The first kappa shape index (κ1) is 19.0. The van der Waals surface area contributed by atoms with Gasteiger partial charge in [-0.15, -0.1) is 0 Å². The Bertz CT molecular complexity index is 587. The van der Waals surface area contributed by atoms with Crippen LogP contribution in [-0.2, 0) is 4.79 Å². The second-order valence-corrected chi connectivity index (χ2v) is 6.74. The third-order valence-corrected chi connectivity index (χ3v) is 4.60. The number of rotatable bonds is 6. The number of hydrogen-bond donors (Lipinski definition) is 1.